The topological polar surface area (TPSA) is 73.1 Å². The molecule has 4 rings (SSSR count). The van der Waals surface area contributed by atoms with Gasteiger partial charge in [-0.15, -0.1) is 0 Å². The number of para-hydroxylation sites is 2. The first-order valence-corrected chi connectivity index (χ1v) is 8.02. The summed E-state index contributed by atoms with van der Waals surface area (Å²) in [6.45, 7) is 2.36. The van der Waals surface area contributed by atoms with Gasteiger partial charge in [-0.2, -0.15) is 5.10 Å². The number of hydrogen-bond donors (Lipinski definition) is 1. The average Bonchev–Trinajstić information content (AvgIpc) is 3.15. The summed E-state index contributed by atoms with van der Waals surface area (Å²) in [7, 11) is 0. The van der Waals surface area contributed by atoms with Gasteiger partial charge in [-0.05, 0) is 36.6 Å². The van der Waals surface area contributed by atoms with E-state index in [0.29, 0.717) is 29.1 Å². The molecule has 0 radical (unpaired) electrons. The van der Waals surface area contributed by atoms with Gasteiger partial charge in [-0.3, -0.25) is 4.79 Å². The van der Waals surface area contributed by atoms with Crippen molar-refractivity contribution in [1.29, 1.82) is 0 Å². The molecule has 124 valence electrons. The fourth-order valence-corrected chi connectivity index (χ4v) is 2.74. The molecule has 0 saturated heterocycles. The smallest absolute Gasteiger partial charge is 0.284 e. The number of amides is 1. The number of hydrogen-bond acceptors (Lipinski definition) is 5. The first kappa shape index (κ1) is 14.8. The molecule has 6 nitrogen and oxygen atoms in total. The van der Waals surface area contributed by atoms with Crippen LogP contribution in [0.1, 0.15) is 30.8 Å². The Morgan fingerprint density at radius 2 is 2.04 bits per heavy atom. The predicted molar refractivity (Wildman–Crippen MR) is 87.3 cm³/mol. The van der Waals surface area contributed by atoms with Gasteiger partial charge < -0.3 is 13.9 Å². The highest BCUT2D eigenvalue weighted by molar-refractivity contribution is 5.83. The van der Waals surface area contributed by atoms with Gasteiger partial charge in [0.15, 0.2) is 11.5 Å². The largest absolute Gasteiger partial charge is 0.485 e. The van der Waals surface area contributed by atoms with E-state index in [-0.39, 0.29) is 12.5 Å². The van der Waals surface area contributed by atoms with Crippen molar-refractivity contribution < 1.29 is 18.7 Å². The third-order valence-corrected chi connectivity index (χ3v) is 4.29. The van der Waals surface area contributed by atoms with E-state index in [2.05, 4.69) is 17.5 Å². The van der Waals surface area contributed by atoms with Crippen LogP contribution >= 0.6 is 0 Å². The zero-order valence-corrected chi connectivity index (χ0v) is 13.3. The maximum absolute atomic E-state index is 12.1. The van der Waals surface area contributed by atoms with Crippen molar-refractivity contribution in [2.75, 3.05) is 6.61 Å². The molecular weight excluding hydrogens is 308 g/mol. The van der Waals surface area contributed by atoms with Crippen LogP contribution in [-0.4, -0.2) is 24.8 Å². The minimum absolute atomic E-state index is 0.156. The Hall–Kier alpha value is -2.76. The summed E-state index contributed by atoms with van der Waals surface area (Å²) in [4.78, 5) is 12.1. The van der Waals surface area contributed by atoms with E-state index in [1.54, 1.807) is 12.1 Å². The Kier molecular flexibility index (Phi) is 3.72. The number of fused-ring (bicyclic) bond motifs is 1. The molecule has 24 heavy (non-hydrogen) atoms. The molecule has 1 N–H and O–H groups in total. The number of rotatable bonds is 4. The molecule has 1 aromatic heterocycles. The third kappa shape index (κ3) is 2.99. The molecule has 2 heterocycles. The molecule has 1 aliphatic heterocycles. The molecule has 1 aromatic carbocycles. The first-order chi connectivity index (χ1) is 11.7. The summed E-state index contributed by atoms with van der Waals surface area (Å²) >= 11 is 0. The second kappa shape index (κ2) is 6.03. The van der Waals surface area contributed by atoms with Crippen molar-refractivity contribution in [3.05, 3.63) is 47.9 Å². The number of nitrogens with one attached hydrogen (secondary N) is 1. The van der Waals surface area contributed by atoms with Crippen LogP contribution in [0.4, 0.5) is 0 Å². The molecule has 3 atom stereocenters. The van der Waals surface area contributed by atoms with Gasteiger partial charge in [0.25, 0.3) is 5.91 Å². The van der Waals surface area contributed by atoms with Crippen LogP contribution < -0.4 is 14.9 Å². The van der Waals surface area contributed by atoms with Crippen molar-refractivity contribution in [3.8, 4) is 11.5 Å². The quantitative estimate of drug-likeness (QED) is 0.692. The van der Waals surface area contributed by atoms with Gasteiger partial charge in [0.1, 0.15) is 18.1 Å². The van der Waals surface area contributed by atoms with Crippen molar-refractivity contribution in [3.63, 3.8) is 0 Å². The minimum atomic E-state index is -0.725. The van der Waals surface area contributed by atoms with E-state index in [9.17, 15) is 4.79 Å². The van der Waals surface area contributed by atoms with Crippen molar-refractivity contribution >= 4 is 12.1 Å². The Balaban J connectivity index is 1.33. The van der Waals surface area contributed by atoms with Crippen LogP contribution in [-0.2, 0) is 4.79 Å². The van der Waals surface area contributed by atoms with Gasteiger partial charge in [0.2, 0.25) is 6.10 Å². The van der Waals surface area contributed by atoms with Crippen LogP contribution in [0, 0.1) is 5.92 Å². The summed E-state index contributed by atoms with van der Waals surface area (Å²) in [5.74, 6) is 3.65. The molecule has 0 bridgehead atoms. The number of hydrazone groups is 1. The summed E-state index contributed by atoms with van der Waals surface area (Å²) in [6.07, 6.45) is 1.93. The summed E-state index contributed by atoms with van der Waals surface area (Å²) < 4.78 is 16.8. The molecule has 6 heteroatoms. The molecule has 0 unspecified atom stereocenters. The van der Waals surface area contributed by atoms with E-state index in [4.69, 9.17) is 13.9 Å². The maximum Gasteiger partial charge on any atom is 0.284 e. The van der Waals surface area contributed by atoms with Crippen LogP contribution in [0.25, 0.3) is 0 Å². The molecular formula is C18H18N2O4. The van der Waals surface area contributed by atoms with Crippen molar-refractivity contribution in [1.82, 2.24) is 5.43 Å². The Morgan fingerprint density at radius 1 is 1.25 bits per heavy atom. The van der Waals surface area contributed by atoms with E-state index >= 15 is 0 Å². The SMILES string of the molecule is C[C@H]1C[C@@H]1c1ccc(/C=N\NC(=O)[C@@H]2COc3ccccc3O2)o1. The lowest BCUT2D eigenvalue weighted by Gasteiger charge is -2.24. The Labute approximate surface area is 139 Å². The lowest BCUT2D eigenvalue weighted by molar-refractivity contribution is -0.130. The summed E-state index contributed by atoms with van der Waals surface area (Å²) in [5, 5.41) is 3.93. The van der Waals surface area contributed by atoms with Crippen LogP contribution in [0.5, 0.6) is 11.5 Å². The van der Waals surface area contributed by atoms with Gasteiger partial charge in [0.05, 0.1) is 6.21 Å². The van der Waals surface area contributed by atoms with Crippen LogP contribution in [0.3, 0.4) is 0 Å². The van der Waals surface area contributed by atoms with Crippen molar-refractivity contribution in [2.45, 2.75) is 25.4 Å². The Morgan fingerprint density at radius 3 is 2.83 bits per heavy atom. The van der Waals surface area contributed by atoms with E-state index in [0.717, 1.165) is 5.76 Å². The highest BCUT2D eigenvalue weighted by Gasteiger charge is 2.36. The number of nitrogens with zero attached hydrogens (tertiary/aromatic N) is 1. The lowest BCUT2D eigenvalue weighted by atomic mass is 10.2. The third-order valence-electron chi connectivity index (χ3n) is 4.29. The fourth-order valence-electron chi connectivity index (χ4n) is 2.74. The van der Waals surface area contributed by atoms with Crippen molar-refractivity contribution in [2.24, 2.45) is 11.0 Å². The molecule has 2 aromatic rings. The number of carbonyl (C=O) groups excluding carboxylic acids is 1. The number of benzene rings is 1. The second-order valence-corrected chi connectivity index (χ2v) is 6.16. The predicted octanol–water partition coefficient (Wildman–Crippen LogP) is 2.69. The van der Waals surface area contributed by atoms with E-state index in [1.165, 1.54) is 12.6 Å². The lowest BCUT2D eigenvalue weighted by Crippen LogP contribution is -2.42. The van der Waals surface area contributed by atoms with Crippen LogP contribution in [0.2, 0.25) is 0 Å². The average molecular weight is 326 g/mol. The first-order valence-electron chi connectivity index (χ1n) is 8.02. The standard InChI is InChI=1S/C18H18N2O4/c1-11-8-13(11)14-7-6-12(23-14)9-19-20-18(21)17-10-22-15-4-2-3-5-16(15)24-17/h2-7,9,11,13,17H,8,10H2,1H3,(H,20,21)/b19-9-/t11-,13-,17-/m0/s1. The van der Waals surface area contributed by atoms with Gasteiger partial charge >= 0.3 is 0 Å². The monoisotopic (exact) mass is 326 g/mol. The van der Waals surface area contributed by atoms with Gasteiger partial charge in [0, 0.05) is 5.92 Å². The summed E-state index contributed by atoms with van der Waals surface area (Å²) in [6, 6.07) is 11.1. The maximum atomic E-state index is 12.1. The molecule has 2 aliphatic rings. The van der Waals surface area contributed by atoms with Gasteiger partial charge in [-0.1, -0.05) is 19.1 Å². The second-order valence-electron chi connectivity index (χ2n) is 6.16. The Bertz CT molecular complexity index is 783. The van der Waals surface area contributed by atoms with E-state index in [1.807, 2.05) is 24.3 Å². The fraction of sp³-hybridized carbons (Fsp3) is 0.333. The zero-order chi connectivity index (χ0) is 16.5. The molecule has 0 spiro atoms. The highest BCUT2D eigenvalue weighted by atomic mass is 16.6. The normalized spacial score (nSPS) is 24.8. The zero-order valence-electron chi connectivity index (χ0n) is 13.3. The minimum Gasteiger partial charge on any atom is -0.485 e. The summed E-state index contributed by atoms with van der Waals surface area (Å²) in [5.41, 5.74) is 2.46. The molecule has 1 fully saturated rings. The number of carbonyl (C=O) groups is 1. The highest BCUT2D eigenvalue weighted by Crippen LogP contribution is 2.47. The van der Waals surface area contributed by atoms with E-state index < -0.39 is 6.10 Å². The number of ether oxygens (including phenoxy) is 2. The molecule has 1 saturated carbocycles. The van der Waals surface area contributed by atoms with Crippen LogP contribution in [0.15, 0.2) is 45.9 Å². The molecule has 1 amide bonds. The molecule has 1 aliphatic carbocycles. The van der Waals surface area contributed by atoms with Gasteiger partial charge in [-0.25, -0.2) is 5.43 Å². The number of furan rings is 1.